The number of benzene rings is 1. The summed E-state index contributed by atoms with van der Waals surface area (Å²) in [4.78, 5) is 11.0. The Bertz CT molecular complexity index is 351. The summed E-state index contributed by atoms with van der Waals surface area (Å²) in [5.41, 5.74) is 6.08. The van der Waals surface area contributed by atoms with Gasteiger partial charge in [0.1, 0.15) is 11.9 Å². The summed E-state index contributed by atoms with van der Waals surface area (Å²) in [6.07, 6.45) is -0.276. The highest BCUT2D eigenvalue weighted by molar-refractivity contribution is 5.71. The van der Waals surface area contributed by atoms with E-state index < -0.39 is 5.97 Å². The monoisotopic (exact) mass is 225 g/mol. The lowest BCUT2D eigenvalue weighted by Gasteiger charge is -2.20. The zero-order chi connectivity index (χ0) is 12.1. The molecule has 2 N–H and O–H groups in total. The van der Waals surface area contributed by atoms with Crippen LogP contribution in [0.4, 0.5) is 4.39 Å². The predicted octanol–water partition coefficient (Wildman–Crippen LogP) is 1.82. The average Bonchev–Trinajstić information content (AvgIpc) is 2.28. The third-order valence-corrected chi connectivity index (χ3v) is 2.58. The van der Waals surface area contributed by atoms with E-state index in [4.69, 9.17) is 10.5 Å². The Morgan fingerprint density at radius 3 is 2.44 bits per heavy atom. The van der Waals surface area contributed by atoms with Crippen molar-refractivity contribution in [3.05, 3.63) is 35.6 Å². The molecule has 3 nitrogen and oxygen atoms in total. The standard InChI is InChI=1S/C12H16FNO2/c1-8(9(2)16-12(15)7-14)10-3-5-11(13)6-4-10/h3-6,8-9H,7,14H2,1-2H3/t8-,9+/m1/s1. The lowest BCUT2D eigenvalue weighted by Crippen LogP contribution is -2.25. The van der Waals surface area contributed by atoms with Crippen molar-refractivity contribution in [2.75, 3.05) is 6.54 Å². The van der Waals surface area contributed by atoms with Gasteiger partial charge in [-0.05, 0) is 24.6 Å². The molecule has 0 aliphatic rings. The van der Waals surface area contributed by atoms with E-state index in [1.165, 1.54) is 12.1 Å². The van der Waals surface area contributed by atoms with Crippen molar-refractivity contribution in [2.24, 2.45) is 5.73 Å². The number of rotatable bonds is 4. The van der Waals surface area contributed by atoms with E-state index in [1.807, 2.05) is 6.92 Å². The van der Waals surface area contributed by atoms with Gasteiger partial charge in [-0.15, -0.1) is 0 Å². The molecule has 0 fully saturated rings. The predicted molar refractivity (Wildman–Crippen MR) is 59.4 cm³/mol. The second kappa shape index (κ2) is 5.61. The summed E-state index contributed by atoms with van der Waals surface area (Å²) < 4.78 is 17.8. The van der Waals surface area contributed by atoms with Crippen LogP contribution in [0.25, 0.3) is 0 Å². The van der Waals surface area contributed by atoms with Crippen LogP contribution in [-0.2, 0) is 9.53 Å². The van der Waals surface area contributed by atoms with Gasteiger partial charge in [0.15, 0.2) is 0 Å². The molecule has 0 aliphatic heterocycles. The maximum Gasteiger partial charge on any atom is 0.319 e. The van der Waals surface area contributed by atoms with E-state index in [2.05, 4.69) is 0 Å². The number of ether oxygens (including phenoxy) is 1. The van der Waals surface area contributed by atoms with Crippen molar-refractivity contribution >= 4 is 5.97 Å². The Kier molecular flexibility index (Phi) is 4.43. The zero-order valence-electron chi connectivity index (χ0n) is 9.44. The molecule has 88 valence electrons. The van der Waals surface area contributed by atoms with Crippen LogP contribution in [0.2, 0.25) is 0 Å². The van der Waals surface area contributed by atoms with Crippen LogP contribution >= 0.6 is 0 Å². The lowest BCUT2D eigenvalue weighted by molar-refractivity contribution is -0.147. The maximum atomic E-state index is 12.7. The molecular formula is C12H16FNO2. The second-order valence-corrected chi connectivity index (χ2v) is 3.74. The van der Waals surface area contributed by atoms with E-state index in [9.17, 15) is 9.18 Å². The van der Waals surface area contributed by atoms with Crippen LogP contribution in [0.15, 0.2) is 24.3 Å². The zero-order valence-corrected chi connectivity index (χ0v) is 9.44. The van der Waals surface area contributed by atoms with E-state index >= 15 is 0 Å². The quantitative estimate of drug-likeness (QED) is 0.795. The largest absolute Gasteiger partial charge is 0.461 e. The number of hydrogen-bond acceptors (Lipinski definition) is 3. The van der Waals surface area contributed by atoms with Crippen LogP contribution in [0.1, 0.15) is 25.3 Å². The number of nitrogens with two attached hydrogens (primary N) is 1. The van der Waals surface area contributed by atoms with Gasteiger partial charge in [-0.25, -0.2) is 4.39 Å². The molecule has 0 radical (unpaired) electrons. The number of esters is 1. The van der Waals surface area contributed by atoms with E-state index in [0.717, 1.165) is 5.56 Å². The van der Waals surface area contributed by atoms with Crippen LogP contribution in [0.5, 0.6) is 0 Å². The third-order valence-electron chi connectivity index (χ3n) is 2.58. The molecule has 0 saturated carbocycles. The average molecular weight is 225 g/mol. The highest BCUT2D eigenvalue weighted by Gasteiger charge is 2.17. The van der Waals surface area contributed by atoms with E-state index in [1.54, 1.807) is 19.1 Å². The molecular weight excluding hydrogens is 209 g/mol. The van der Waals surface area contributed by atoms with Gasteiger partial charge >= 0.3 is 5.97 Å². The molecule has 2 atom stereocenters. The van der Waals surface area contributed by atoms with Gasteiger partial charge < -0.3 is 10.5 Å². The van der Waals surface area contributed by atoms with Gasteiger partial charge in [-0.1, -0.05) is 19.1 Å². The summed E-state index contributed by atoms with van der Waals surface area (Å²) in [5.74, 6) is -0.694. The number of carbonyl (C=O) groups is 1. The fourth-order valence-corrected chi connectivity index (χ4v) is 1.39. The van der Waals surface area contributed by atoms with Gasteiger partial charge in [0.2, 0.25) is 0 Å². The normalized spacial score (nSPS) is 14.2. The fraction of sp³-hybridized carbons (Fsp3) is 0.417. The molecule has 0 heterocycles. The molecule has 0 bridgehead atoms. The molecule has 0 spiro atoms. The summed E-state index contributed by atoms with van der Waals surface area (Å²) >= 11 is 0. The van der Waals surface area contributed by atoms with Gasteiger partial charge in [-0.3, -0.25) is 4.79 Å². The first-order valence-electron chi connectivity index (χ1n) is 5.19. The Labute approximate surface area is 94.4 Å². The topological polar surface area (TPSA) is 52.3 Å². The van der Waals surface area contributed by atoms with Gasteiger partial charge in [-0.2, -0.15) is 0 Å². The summed E-state index contributed by atoms with van der Waals surface area (Å²) in [6, 6.07) is 6.16. The number of carbonyl (C=O) groups excluding carboxylic acids is 1. The van der Waals surface area contributed by atoms with Gasteiger partial charge in [0.25, 0.3) is 0 Å². The second-order valence-electron chi connectivity index (χ2n) is 3.74. The van der Waals surface area contributed by atoms with E-state index in [-0.39, 0.29) is 24.4 Å². The molecule has 0 unspecified atom stereocenters. The van der Waals surface area contributed by atoms with Crippen molar-refractivity contribution in [1.29, 1.82) is 0 Å². The summed E-state index contributed by atoms with van der Waals surface area (Å²) in [6.45, 7) is 3.59. The van der Waals surface area contributed by atoms with E-state index in [0.29, 0.717) is 0 Å². The van der Waals surface area contributed by atoms with Crippen molar-refractivity contribution in [3.63, 3.8) is 0 Å². The first kappa shape index (κ1) is 12.6. The summed E-state index contributed by atoms with van der Waals surface area (Å²) in [7, 11) is 0. The summed E-state index contributed by atoms with van der Waals surface area (Å²) in [5, 5.41) is 0. The molecule has 4 heteroatoms. The molecule has 1 aromatic carbocycles. The van der Waals surface area contributed by atoms with Crippen molar-refractivity contribution < 1.29 is 13.9 Å². The Balaban J connectivity index is 2.66. The molecule has 0 aliphatic carbocycles. The molecule has 1 aromatic rings. The number of halogens is 1. The molecule has 16 heavy (non-hydrogen) atoms. The van der Waals surface area contributed by atoms with Gasteiger partial charge in [0.05, 0.1) is 6.54 Å². The Morgan fingerprint density at radius 2 is 1.94 bits per heavy atom. The first-order valence-corrected chi connectivity index (χ1v) is 5.19. The smallest absolute Gasteiger partial charge is 0.319 e. The Hall–Kier alpha value is -1.42. The van der Waals surface area contributed by atoms with Crippen molar-refractivity contribution in [1.82, 2.24) is 0 Å². The highest BCUT2D eigenvalue weighted by Crippen LogP contribution is 2.21. The highest BCUT2D eigenvalue weighted by atomic mass is 19.1. The maximum absolute atomic E-state index is 12.7. The van der Waals surface area contributed by atoms with Gasteiger partial charge in [0, 0.05) is 5.92 Å². The first-order chi connectivity index (χ1) is 7.54. The molecule has 0 amide bonds. The molecule has 0 aromatic heterocycles. The molecule has 1 rings (SSSR count). The van der Waals surface area contributed by atoms with Crippen LogP contribution in [0.3, 0.4) is 0 Å². The SMILES string of the molecule is C[C@H](OC(=O)CN)[C@@H](C)c1ccc(F)cc1. The lowest BCUT2D eigenvalue weighted by atomic mass is 9.96. The minimum atomic E-state index is -0.429. The third kappa shape index (κ3) is 3.31. The number of hydrogen-bond donors (Lipinski definition) is 1. The van der Waals surface area contributed by atoms with Crippen molar-refractivity contribution in [3.8, 4) is 0 Å². The van der Waals surface area contributed by atoms with Crippen molar-refractivity contribution in [2.45, 2.75) is 25.9 Å². The molecule has 0 saturated heterocycles. The van der Waals surface area contributed by atoms with Crippen LogP contribution in [-0.4, -0.2) is 18.6 Å². The fourth-order valence-electron chi connectivity index (χ4n) is 1.39. The van der Waals surface area contributed by atoms with Crippen LogP contribution < -0.4 is 5.73 Å². The Morgan fingerprint density at radius 1 is 1.38 bits per heavy atom. The van der Waals surface area contributed by atoms with Crippen LogP contribution in [0, 0.1) is 5.82 Å². The minimum Gasteiger partial charge on any atom is -0.461 e. The minimum absolute atomic E-state index is 0.0103.